The van der Waals surface area contributed by atoms with Crippen molar-refractivity contribution in [2.24, 2.45) is 0 Å². The Morgan fingerprint density at radius 3 is 2.95 bits per heavy atom. The molecule has 0 aliphatic heterocycles. The molecule has 114 valence electrons. The van der Waals surface area contributed by atoms with Gasteiger partial charge >= 0.3 is 6.18 Å². The molecular formula is C13H19F3N2OS. The van der Waals surface area contributed by atoms with Crippen molar-refractivity contribution in [3.8, 4) is 0 Å². The fourth-order valence-electron chi connectivity index (χ4n) is 2.53. The molecule has 0 radical (unpaired) electrons. The van der Waals surface area contributed by atoms with E-state index >= 15 is 0 Å². The summed E-state index contributed by atoms with van der Waals surface area (Å²) in [5.74, 6) is 0. The van der Waals surface area contributed by atoms with E-state index in [-0.39, 0.29) is 18.2 Å². The van der Waals surface area contributed by atoms with Crippen molar-refractivity contribution >= 4 is 11.3 Å². The van der Waals surface area contributed by atoms with E-state index in [0.717, 1.165) is 18.5 Å². The molecule has 20 heavy (non-hydrogen) atoms. The number of nitrogens with one attached hydrogen (secondary N) is 1. The van der Waals surface area contributed by atoms with Gasteiger partial charge in [0, 0.05) is 17.5 Å². The second kappa shape index (κ2) is 6.87. The number of alkyl halides is 3. The fraction of sp³-hybridized carbons (Fsp3) is 0.769. The van der Waals surface area contributed by atoms with Gasteiger partial charge in [0.25, 0.3) is 0 Å². The molecule has 0 bridgehead atoms. The van der Waals surface area contributed by atoms with E-state index in [2.05, 4.69) is 10.3 Å². The van der Waals surface area contributed by atoms with E-state index in [1.807, 2.05) is 12.3 Å². The van der Waals surface area contributed by atoms with Crippen LogP contribution in [0.5, 0.6) is 0 Å². The van der Waals surface area contributed by atoms with E-state index in [1.54, 1.807) is 16.8 Å². The van der Waals surface area contributed by atoms with Crippen molar-refractivity contribution < 1.29 is 17.9 Å². The molecule has 1 aliphatic rings. The second-order valence-corrected chi connectivity index (χ2v) is 5.93. The molecule has 1 aromatic rings. The van der Waals surface area contributed by atoms with Crippen LogP contribution in [0.4, 0.5) is 13.2 Å². The summed E-state index contributed by atoms with van der Waals surface area (Å²) in [6.45, 7) is 0.876. The first-order valence-corrected chi connectivity index (χ1v) is 7.71. The summed E-state index contributed by atoms with van der Waals surface area (Å²) in [6.07, 6.45) is -1.34. The third kappa shape index (κ3) is 5.03. The van der Waals surface area contributed by atoms with Crippen LogP contribution in [-0.4, -0.2) is 29.9 Å². The molecule has 0 spiro atoms. The van der Waals surface area contributed by atoms with Gasteiger partial charge in [0.1, 0.15) is 6.61 Å². The minimum Gasteiger partial charge on any atom is -0.369 e. The van der Waals surface area contributed by atoms with Gasteiger partial charge in [-0.25, -0.2) is 4.98 Å². The number of halogens is 3. The molecule has 1 aliphatic carbocycles. The summed E-state index contributed by atoms with van der Waals surface area (Å²) in [5, 5.41) is 5.42. The first kappa shape index (κ1) is 15.7. The van der Waals surface area contributed by atoms with Crippen molar-refractivity contribution in [2.45, 2.75) is 57.0 Å². The van der Waals surface area contributed by atoms with Gasteiger partial charge in [0.05, 0.1) is 17.3 Å². The third-order valence-corrected chi connectivity index (χ3v) is 4.09. The number of hydrogen-bond donors (Lipinski definition) is 1. The van der Waals surface area contributed by atoms with Crippen molar-refractivity contribution in [1.29, 1.82) is 0 Å². The average molecular weight is 308 g/mol. The van der Waals surface area contributed by atoms with E-state index in [0.29, 0.717) is 12.8 Å². The summed E-state index contributed by atoms with van der Waals surface area (Å²) in [6, 6.07) is 0.311. The zero-order chi connectivity index (χ0) is 14.6. The minimum absolute atomic E-state index is 0.118. The van der Waals surface area contributed by atoms with E-state index in [4.69, 9.17) is 4.74 Å². The predicted molar refractivity (Wildman–Crippen MR) is 71.7 cm³/mol. The Kier molecular flexibility index (Phi) is 5.40. The quantitative estimate of drug-likeness (QED) is 0.901. The van der Waals surface area contributed by atoms with Crippen LogP contribution in [0.3, 0.4) is 0 Å². The van der Waals surface area contributed by atoms with Crippen molar-refractivity contribution in [3.05, 3.63) is 16.6 Å². The van der Waals surface area contributed by atoms with Gasteiger partial charge < -0.3 is 10.1 Å². The van der Waals surface area contributed by atoms with Crippen LogP contribution < -0.4 is 5.32 Å². The van der Waals surface area contributed by atoms with Gasteiger partial charge in [-0.1, -0.05) is 0 Å². The molecule has 3 unspecified atom stereocenters. The van der Waals surface area contributed by atoms with E-state index in [9.17, 15) is 13.2 Å². The first-order chi connectivity index (χ1) is 9.44. The van der Waals surface area contributed by atoms with Gasteiger partial charge in [-0.15, -0.1) is 11.3 Å². The van der Waals surface area contributed by atoms with Crippen LogP contribution in [0, 0.1) is 0 Å². The Labute approximate surface area is 120 Å². The van der Waals surface area contributed by atoms with Crippen LogP contribution in [0.2, 0.25) is 0 Å². The summed E-state index contributed by atoms with van der Waals surface area (Å²) in [7, 11) is 0. The molecule has 3 atom stereocenters. The lowest BCUT2D eigenvalue weighted by Gasteiger charge is -2.31. The number of rotatable bonds is 5. The van der Waals surface area contributed by atoms with Gasteiger partial charge in [-0.3, -0.25) is 0 Å². The standard InChI is InChI=1S/C13H19F3N2OS/c1-9(12-6-20-8-17-12)18-10-3-2-4-11(5-10)19-7-13(14,15)16/h6,8-11,18H,2-5,7H2,1H3. The lowest BCUT2D eigenvalue weighted by atomic mass is 9.92. The molecular weight excluding hydrogens is 289 g/mol. The van der Waals surface area contributed by atoms with Crippen molar-refractivity contribution in [3.63, 3.8) is 0 Å². The summed E-state index contributed by atoms with van der Waals surface area (Å²) in [5.41, 5.74) is 2.76. The van der Waals surface area contributed by atoms with Gasteiger partial charge in [-0.2, -0.15) is 13.2 Å². The van der Waals surface area contributed by atoms with Crippen molar-refractivity contribution in [1.82, 2.24) is 10.3 Å². The summed E-state index contributed by atoms with van der Waals surface area (Å²) < 4.78 is 41.4. The lowest BCUT2D eigenvalue weighted by molar-refractivity contribution is -0.188. The molecule has 1 N–H and O–H groups in total. The lowest BCUT2D eigenvalue weighted by Crippen LogP contribution is -2.39. The van der Waals surface area contributed by atoms with Crippen LogP contribution >= 0.6 is 11.3 Å². The normalized spacial score (nSPS) is 25.6. The molecule has 0 saturated heterocycles. The third-order valence-electron chi connectivity index (χ3n) is 3.49. The molecule has 0 amide bonds. The smallest absolute Gasteiger partial charge is 0.369 e. The molecule has 1 aromatic heterocycles. The predicted octanol–water partition coefficient (Wildman–Crippen LogP) is 3.68. The van der Waals surface area contributed by atoms with Crippen LogP contribution in [-0.2, 0) is 4.74 Å². The number of thiazole rings is 1. The SMILES string of the molecule is CC(NC1CCCC(OCC(F)(F)F)C1)c1cscn1. The molecule has 7 heteroatoms. The Bertz CT molecular complexity index is 397. The molecule has 1 heterocycles. The Balaban J connectivity index is 1.78. The van der Waals surface area contributed by atoms with Gasteiger partial charge in [-0.05, 0) is 32.6 Å². The highest BCUT2D eigenvalue weighted by atomic mass is 32.1. The van der Waals surface area contributed by atoms with Gasteiger partial charge in [0.2, 0.25) is 0 Å². The number of ether oxygens (including phenoxy) is 1. The zero-order valence-corrected chi connectivity index (χ0v) is 12.1. The Morgan fingerprint density at radius 1 is 1.50 bits per heavy atom. The Hall–Kier alpha value is -0.660. The number of aromatic nitrogens is 1. The maximum absolute atomic E-state index is 12.2. The largest absolute Gasteiger partial charge is 0.411 e. The molecule has 1 fully saturated rings. The fourth-order valence-corrected chi connectivity index (χ4v) is 3.18. The topological polar surface area (TPSA) is 34.1 Å². The number of hydrogen-bond acceptors (Lipinski definition) is 4. The highest BCUT2D eigenvalue weighted by Crippen LogP contribution is 2.26. The summed E-state index contributed by atoms with van der Waals surface area (Å²) >= 11 is 1.54. The molecule has 2 rings (SSSR count). The maximum atomic E-state index is 12.2. The molecule has 3 nitrogen and oxygen atoms in total. The first-order valence-electron chi connectivity index (χ1n) is 6.76. The second-order valence-electron chi connectivity index (χ2n) is 5.21. The van der Waals surface area contributed by atoms with Crippen LogP contribution in [0.15, 0.2) is 10.9 Å². The number of nitrogens with zero attached hydrogens (tertiary/aromatic N) is 1. The average Bonchev–Trinajstić information content (AvgIpc) is 2.90. The van der Waals surface area contributed by atoms with Crippen LogP contribution in [0.1, 0.15) is 44.3 Å². The zero-order valence-electron chi connectivity index (χ0n) is 11.3. The van der Waals surface area contributed by atoms with Gasteiger partial charge in [0.15, 0.2) is 0 Å². The molecule has 0 aromatic carbocycles. The van der Waals surface area contributed by atoms with E-state index < -0.39 is 12.8 Å². The Morgan fingerprint density at radius 2 is 2.30 bits per heavy atom. The maximum Gasteiger partial charge on any atom is 0.411 e. The highest BCUT2D eigenvalue weighted by molar-refractivity contribution is 7.07. The van der Waals surface area contributed by atoms with E-state index in [1.165, 1.54) is 0 Å². The summed E-state index contributed by atoms with van der Waals surface area (Å²) in [4.78, 5) is 4.25. The molecule has 1 saturated carbocycles. The minimum atomic E-state index is -4.24. The highest BCUT2D eigenvalue weighted by Gasteiger charge is 2.31. The monoisotopic (exact) mass is 308 g/mol. The van der Waals surface area contributed by atoms with Crippen LogP contribution in [0.25, 0.3) is 0 Å². The van der Waals surface area contributed by atoms with Crippen molar-refractivity contribution in [2.75, 3.05) is 6.61 Å².